The summed E-state index contributed by atoms with van der Waals surface area (Å²) >= 11 is 0. The summed E-state index contributed by atoms with van der Waals surface area (Å²) < 4.78 is 187. The number of H-pyrrole nitrogens is 3. The van der Waals surface area contributed by atoms with E-state index in [0.717, 1.165) is 42.6 Å². The van der Waals surface area contributed by atoms with Crippen molar-refractivity contribution in [1.82, 2.24) is 57.8 Å². The maximum Gasteiger partial charge on any atom is 0.435 e. The van der Waals surface area contributed by atoms with Gasteiger partial charge >= 0.3 is 24.7 Å². The maximum absolute atomic E-state index is 13.7. The Morgan fingerprint density at radius 1 is 0.450 bits per heavy atom. The van der Waals surface area contributed by atoms with Crippen LogP contribution >= 0.6 is 0 Å². The number of alkyl halides is 12. The molecule has 3 aliphatic rings. The lowest BCUT2D eigenvalue weighted by molar-refractivity contribution is -0.140. The van der Waals surface area contributed by atoms with Crippen LogP contribution in [0.2, 0.25) is 0 Å². The highest BCUT2D eigenvalue weighted by molar-refractivity contribution is 6.11. The van der Waals surface area contributed by atoms with E-state index in [2.05, 4.69) is 41.6 Å². The molecule has 5 N–H and O–H groups in total. The smallest absolute Gasteiger partial charge is 0.395 e. The zero-order valence-corrected chi connectivity index (χ0v) is 60.4. The Bertz CT molecular complexity index is 5390. The molecule has 0 bridgehead atoms. The zero-order valence-electron chi connectivity index (χ0n) is 60.4. The molecule has 11 heterocycles. The molecule has 0 aliphatic carbocycles. The van der Waals surface area contributed by atoms with Gasteiger partial charge in [-0.25, -0.2) is 4.98 Å². The van der Waals surface area contributed by atoms with Gasteiger partial charge in [0, 0.05) is 195 Å². The number of nitrogens with one attached hydrogen (secondary N) is 3. The van der Waals surface area contributed by atoms with Crippen molar-refractivity contribution in [1.29, 1.82) is 0 Å². The van der Waals surface area contributed by atoms with E-state index < -0.39 is 47.5 Å². The molecule has 32 heteroatoms. The van der Waals surface area contributed by atoms with E-state index in [0.29, 0.717) is 140 Å². The number of nitrogens with zero attached hydrogens (tertiary/aromatic N) is 9. The predicted octanol–water partition coefficient (Wildman–Crippen LogP) is 12.9. The molecule has 0 spiro atoms. The Kier molecular flexibility index (Phi) is 23.9. The van der Waals surface area contributed by atoms with Crippen LogP contribution in [-0.4, -0.2) is 197 Å². The molecule has 0 amide bonds. The fourth-order valence-corrected chi connectivity index (χ4v) is 15.4. The van der Waals surface area contributed by atoms with Gasteiger partial charge in [-0.2, -0.15) is 52.7 Å². The molecule has 3 saturated heterocycles. The topological polar surface area (TPSA) is 212 Å². The number of hydrogen-bond donors (Lipinski definition) is 5. The quantitative estimate of drug-likeness (QED) is 0.0571. The Balaban J connectivity index is 0.000000136. The van der Waals surface area contributed by atoms with Crippen LogP contribution < -0.4 is 16.3 Å². The second-order valence-electron chi connectivity index (χ2n) is 27.8. The van der Waals surface area contributed by atoms with Crippen molar-refractivity contribution in [3.05, 3.63) is 181 Å². The van der Waals surface area contributed by atoms with Crippen LogP contribution in [0.3, 0.4) is 0 Å². The van der Waals surface area contributed by atoms with E-state index >= 15 is 0 Å². The number of aromatic nitrogens is 8. The van der Waals surface area contributed by atoms with E-state index in [4.69, 9.17) is 24.4 Å². The fraction of sp³-hybridized carbons (Fsp3) is 0.429. The second kappa shape index (κ2) is 32.8. The lowest BCUT2D eigenvalue weighted by Crippen LogP contribution is -2.46. The Morgan fingerprint density at radius 2 is 0.826 bits per heavy atom. The molecular weight excluding hydrogens is 1450 g/mol. The van der Waals surface area contributed by atoms with Gasteiger partial charge in [0.25, 0.3) is 0 Å². The molecule has 4 unspecified atom stereocenters. The highest BCUT2D eigenvalue weighted by Crippen LogP contribution is 2.42. The van der Waals surface area contributed by atoms with Crippen LogP contribution in [0.5, 0.6) is 0 Å². The molecule has 0 saturated carbocycles. The molecule has 15 rings (SSSR count). The summed E-state index contributed by atoms with van der Waals surface area (Å²) in [6.07, 6.45) is -12.9. The van der Waals surface area contributed by atoms with Gasteiger partial charge < -0.3 is 57.6 Å². The van der Waals surface area contributed by atoms with Crippen molar-refractivity contribution in [2.75, 3.05) is 105 Å². The van der Waals surface area contributed by atoms with Gasteiger partial charge in [0.2, 0.25) is 0 Å². The molecular formula is C77H84F12N12O8. The minimum absolute atomic E-state index is 0.0152. The standard InChI is InChI=1S/C20H22F3N3O2.C20H22F3N3O.C19H20F3N3O2.C18H20F3N3O3/c1-12-10-25(11-13(2)28-12)7-8-26-17-9-14(27)3-4-15(17)16-5-6-24-19(18(16)26)20(21,22)23;1-13-3-4-15-16-5-6-24-19(20(21,22)23)18(16)26(17(15)11-13)8-7-25-9-10-27-12-14(25)2;1-12-11-27-9-8-24(12)6-7-25-16-10-13(26)2-3-14(16)15-4-5-23-18(17(15)25)19(20,21)22;19-18(20,21)17-16-14(3-4-22-17)13-2-1-12(27)11-15(13)24(16)6-5-23(7-9-25)8-10-26/h3-6,9,12-13,24H,7-8,10-11H2,1-2H3;3-6,11,14H,7-10,12H2,1-2H3;2-5,10,12,23H,6-9,11H2,1H3;1-4,11,22,25-26H,5-10H2. The number of fused-ring (bicyclic) bond motifs is 12. The van der Waals surface area contributed by atoms with Gasteiger partial charge in [0.15, 0.2) is 22.0 Å². The first-order valence-corrected chi connectivity index (χ1v) is 35.9. The van der Waals surface area contributed by atoms with Crippen LogP contribution in [0, 0.1) is 6.92 Å². The van der Waals surface area contributed by atoms with E-state index in [1.807, 2.05) is 45.9 Å². The molecule has 584 valence electrons. The van der Waals surface area contributed by atoms with E-state index in [1.165, 1.54) is 71.8 Å². The maximum atomic E-state index is 13.7. The summed E-state index contributed by atoms with van der Waals surface area (Å²) in [7, 11) is 0. The number of pyridine rings is 4. The lowest BCUT2D eigenvalue weighted by Gasteiger charge is -2.35. The number of aryl methyl sites for hydroxylation is 1. The second-order valence-corrected chi connectivity index (χ2v) is 27.8. The average Bonchev–Trinajstić information content (AvgIpc) is 1.62. The Hall–Kier alpha value is -9.12. The number of rotatable bonds is 16. The monoisotopic (exact) mass is 1530 g/mol. The van der Waals surface area contributed by atoms with Crippen LogP contribution in [0.15, 0.2) is 136 Å². The van der Waals surface area contributed by atoms with Crippen molar-refractivity contribution >= 4 is 87.2 Å². The summed E-state index contributed by atoms with van der Waals surface area (Å²) in [5, 5.41) is 22.9. The molecule has 4 atom stereocenters. The summed E-state index contributed by atoms with van der Waals surface area (Å²) in [6.45, 7) is 19.4. The number of aliphatic hydroxyl groups is 2. The zero-order chi connectivity index (χ0) is 78.0. The fourth-order valence-electron chi connectivity index (χ4n) is 15.4. The van der Waals surface area contributed by atoms with Crippen LogP contribution in [0.4, 0.5) is 52.7 Å². The lowest BCUT2D eigenvalue weighted by atomic mass is 10.1. The molecule has 3 aliphatic heterocycles. The van der Waals surface area contributed by atoms with E-state index in [1.54, 1.807) is 55.0 Å². The Labute approximate surface area is 615 Å². The van der Waals surface area contributed by atoms with Gasteiger partial charge in [-0.05, 0) is 107 Å². The first kappa shape index (κ1) is 79.4. The largest absolute Gasteiger partial charge is 0.435 e. The number of aromatic amines is 3. The SMILES string of the molecule is CC1CN(CCn2c3cc(=O)ccc3c3cc[nH]c(C(F)(F)F)c32)CC(C)O1.CC1COCCN1CCn1c2cc(=O)ccc2c2cc[nH]c(C(F)(F)F)c21.Cc1ccc2c3ccnc(C(F)(F)F)c3n(CCN3CCOCC3C)c2c1.O=c1ccc2c3cc[nH]c(C(F)(F)F)c3n(CCN(CCO)CCO)c2c1. The summed E-state index contributed by atoms with van der Waals surface area (Å²) in [5.74, 6) is 0. The number of aliphatic hydroxyl groups excluding tert-OH is 2. The van der Waals surface area contributed by atoms with Crippen molar-refractivity contribution in [3.8, 4) is 0 Å². The predicted molar refractivity (Wildman–Crippen MR) is 393 cm³/mol. The van der Waals surface area contributed by atoms with Gasteiger partial charge in [-0.3, -0.25) is 34.0 Å². The minimum atomic E-state index is -4.58. The molecule has 0 radical (unpaired) electrons. The third kappa shape index (κ3) is 17.4. The first-order chi connectivity index (χ1) is 51.8. The summed E-state index contributed by atoms with van der Waals surface area (Å²) in [5.41, 5.74) is -0.336. The van der Waals surface area contributed by atoms with Gasteiger partial charge in [0.1, 0.15) is 17.1 Å². The Morgan fingerprint density at radius 3 is 1.22 bits per heavy atom. The number of benzene rings is 4. The van der Waals surface area contributed by atoms with Crippen LogP contribution in [-0.2, 0) is 65.1 Å². The van der Waals surface area contributed by atoms with Crippen molar-refractivity contribution in [2.45, 2.75) is 110 Å². The molecule has 12 aromatic rings. The van der Waals surface area contributed by atoms with Gasteiger partial charge in [-0.15, -0.1) is 0 Å². The molecule has 109 heavy (non-hydrogen) atoms. The normalized spacial score (nSPS) is 18.2. The summed E-state index contributed by atoms with van der Waals surface area (Å²) in [4.78, 5) is 54.7. The highest BCUT2D eigenvalue weighted by atomic mass is 19.4. The average molecular weight is 1530 g/mol. The van der Waals surface area contributed by atoms with Crippen LogP contribution in [0.25, 0.3) is 87.2 Å². The molecule has 20 nitrogen and oxygen atoms in total. The van der Waals surface area contributed by atoms with Crippen molar-refractivity contribution in [3.63, 3.8) is 0 Å². The number of ether oxygens (including phenoxy) is 3. The third-order valence-corrected chi connectivity index (χ3v) is 20.3. The molecule has 4 aromatic carbocycles. The number of hydrogen-bond acceptors (Lipinski definition) is 13. The highest BCUT2D eigenvalue weighted by Gasteiger charge is 2.40. The summed E-state index contributed by atoms with van der Waals surface area (Å²) in [6, 6.07) is 25.8. The molecule has 8 aromatic heterocycles. The van der Waals surface area contributed by atoms with Gasteiger partial charge in [-0.1, -0.05) is 12.1 Å². The van der Waals surface area contributed by atoms with Crippen molar-refractivity contribution in [2.24, 2.45) is 0 Å². The molecule has 3 fully saturated rings. The number of morpholine rings is 3. The van der Waals surface area contributed by atoms with Gasteiger partial charge in [0.05, 0.1) is 90.5 Å². The minimum Gasteiger partial charge on any atom is -0.395 e. The number of halogens is 12. The third-order valence-electron chi connectivity index (χ3n) is 20.3. The first-order valence-electron chi connectivity index (χ1n) is 35.9. The van der Waals surface area contributed by atoms with Crippen molar-refractivity contribution < 1.29 is 77.1 Å². The van der Waals surface area contributed by atoms with E-state index in [-0.39, 0.29) is 82.4 Å². The van der Waals surface area contributed by atoms with Crippen LogP contribution in [0.1, 0.15) is 56.0 Å². The van der Waals surface area contributed by atoms with E-state index in [9.17, 15) is 67.1 Å².